The zero-order chi connectivity index (χ0) is 14.7. The summed E-state index contributed by atoms with van der Waals surface area (Å²) in [5.74, 6) is -0.226. The molecule has 106 valence electrons. The summed E-state index contributed by atoms with van der Waals surface area (Å²) >= 11 is 7.63. The molecule has 1 unspecified atom stereocenters. The number of thiazole rings is 1. The van der Waals surface area contributed by atoms with Gasteiger partial charge >= 0.3 is 0 Å². The molecule has 1 atom stereocenters. The molecule has 2 rings (SSSR count). The first-order valence-electron chi connectivity index (χ1n) is 6.31. The number of anilines is 1. The summed E-state index contributed by atoms with van der Waals surface area (Å²) in [6.45, 7) is 3.98. The lowest BCUT2D eigenvalue weighted by Crippen LogP contribution is -2.26. The van der Waals surface area contributed by atoms with E-state index in [1.807, 2.05) is 13.1 Å². The van der Waals surface area contributed by atoms with Crippen LogP contribution in [0.1, 0.15) is 40.1 Å². The van der Waals surface area contributed by atoms with Crippen LogP contribution in [0, 0.1) is 0 Å². The molecule has 4 nitrogen and oxygen atoms in total. The number of amides is 1. The quantitative estimate of drug-likeness (QED) is 0.850. The fourth-order valence-corrected chi connectivity index (χ4v) is 2.87. The van der Waals surface area contributed by atoms with Gasteiger partial charge in [-0.15, -0.1) is 11.3 Å². The number of hydrogen-bond donors (Lipinski definition) is 2. The van der Waals surface area contributed by atoms with Crippen LogP contribution in [0.2, 0.25) is 5.02 Å². The van der Waals surface area contributed by atoms with Gasteiger partial charge in [-0.05, 0) is 31.5 Å². The molecule has 3 N–H and O–H groups in total. The number of hydrogen-bond acceptors (Lipinski definition) is 4. The number of halogens is 1. The maximum atomic E-state index is 12.2. The molecular weight excluding hydrogens is 294 g/mol. The Labute approximate surface area is 127 Å². The van der Waals surface area contributed by atoms with Crippen LogP contribution in [-0.4, -0.2) is 10.9 Å². The van der Waals surface area contributed by atoms with Crippen molar-refractivity contribution >= 4 is 34.5 Å². The Balaban J connectivity index is 2.10. The van der Waals surface area contributed by atoms with E-state index in [1.54, 1.807) is 29.5 Å². The highest BCUT2D eigenvalue weighted by molar-refractivity contribution is 7.11. The minimum absolute atomic E-state index is 0.151. The van der Waals surface area contributed by atoms with Crippen LogP contribution in [0.25, 0.3) is 0 Å². The fourth-order valence-electron chi connectivity index (χ4n) is 1.74. The molecule has 0 saturated carbocycles. The van der Waals surface area contributed by atoms with Gasteiger partial charge in [0.2, 0.25) is 0 Å². The second-order valence-corrected chi connectivity index (χ2v) is 6.01. The maximum absolute atomic E-state index is 12.2. The van der Waals surface area contributed by atoms with Crippen LogP contribution in [0.4, 0.5) is 5.69 Å². The molecule has 6 heteroatoms. The first-order valence-corrected chi connectivity index (χ1v) is 7.51. The average molecular weight is 310 g/mol. The highest BCUT2D eigenvalue weighted by Crippen LogP contribution is 2.23. The molecule has 0 fully saturated rings. The highest BCUT2D eigenvalue weighted by atomic mass is 35.5. The maximum Gasteiger partial charge on any atom is 0.253 e. The van der Waals surface area contributed by atoms with Crippen molar-refractivity contribution < 1.29 is 4.79 Å². The number of nitrogens with zero attached hydrogens (tertiary/aromatic N) is 1. The molecule has 0 aliphatic carbocycles. The van der Waals surface area contributed by atoms with Gasteiger partial charge in [0.1, 0.15) is 5.01 Å². The van der Waals surface area contributed by atoms with Crippen LogP contribution < -0.4 is 11.1 Å². The predicted octanol–water partition coefficient (Wildman–Crippen LogP) is 3.43. The van der Waals surface area contributed by atoms with E-state index in [4.69, 9.17) is 17.3 Å². The van der Waals surface area contributed by atoms with Gasteiger partial charge in [0, 0.05) is 16.8 Å². The van der Waals surface area contributed by atoms with Crippen LogP contribution in [0.3, 0.4) is 0 Å². The minimum atomic E-state index is -0.226. The van der Waals surface area contributed by atoms with E-state index in [2.05, 4.69) is 17.2 Å². The molecule has 1 heterocycles. The van der Waals surface area contributed by atoms with E-state index in [-0.39, 0.29) is 11.9 Å². The first-order chi connectivity index (χ1) is 9.51. The SMILES string of the molecule is CCc1cnc(C(C)NC(=O)c2ccc(N)cc2Cl)s1. The fraction of sp³-hybridized carbons (Fsp3) is 0.286. The standard InChI is InChI=1S/C14H16ClN3OS/c1-3-10-7-17-14(20-10)8(2)18-13(19)11-5-4-9(16)6-12(11)15/h4-8H,3,16H2,1-2H3,(H,18,19). The zero-order valence-electron chi connectivity index (χ0n) is 11.3. The number of carbonyl (C=O) groups excluding carboxylic acids is 1. The van der Waals surface area contributed by atoms with Crippen LogP contribution >= 0.6 is 22.9 Å². The number of nitrogens with two attached hydrogens (primary N) is 1. The third-order valence-corrected chi connectivity index (χ3v) is 4.51. The van der Waals surface area contributed by atoms with Gasteiger partial charge in [-0.3, -0.25) is 4.79 Å². The van der Waals surface area contributed by atoms with Gasteiger partial charge in [0.15, 0.2) is 0 Å². The largest absolute Gasteiger partial charge is 0.399 e. The number of benzene rings is 1. The lowest BCUT2D eigenvalue weighted by atomic mass is 10.2. The highest BCUT2D eigenvalue weighted by Gasteiger charge is 2.16. The minimum Gasteiger partial charge on any atom is -0.399 e. The summed E-state index contributed by atoms with van der Waals surface area (Å²) < 4.78 is 0. The number of nitrogen functional groups attached to an aromatic ring is 1. The average Bonchev–Trinajstić information content (AvgIpc) is 2.87. The van der Waals surface area contributed by atoms with Crippen molar-refractivity contribution in [1.82, 2.24) is 10.3 Å². The van der Waals surface area contributed by atoms with Crippen molar-refractivity contribution in [3.8, 4) is 0 Å². The first kappa shape index (κ1) is 14.8. The van der Waals surface area contributed by atoms with Crippen LogP contribution in [-0.2, 0) is 6.42 Å². The predicted molar refractivity (Wildman–Crippen MR) is 83.2 cm³/mol. The van der Waals surface area contributed by atoms with E-state index in [0.29, 0.717) is 16.3 Å². The van der Waals surface area contributed by atoms with Crippen LogP contribution in [0.15, 0.2) is 24.4 Å². The Morgan fingerprint density at radius 2 is 2.30 bits per heavy atom. The molecule has 0 spiro atoms. The van der Waals surface area contributed by atoms with E-state index >= 15 is 0 Å². The third kappa shape index (κ3) is 3.29. The molecule has 1 amide bonds. The summed E-state index contributed by atoms with van der Waals surface area (Å²) in [5.41, 5.74) is 6.56. The molecule has 1 aromatic carbocycles. The van der Waals surface area contributed by atoms with Crippen molar-refractivity contribution in [3.63, 3.8) is 0 Å². The molecule has 20 heavy (non-hydrogen) atoms. The second kappa shape index (κ2) is 6.24. The second-order valence-electron chi connectivity index (χ2n) is 4.45. The summed E-state index contributed by atoms with van der Waals surface area (Å²) in [5, 5.41) is 4.13. The van der Waals surface area contributed by atoms with E-state index in [1.165, 1.54) is 4.88 Å². The normalized spacial score (nSPS) is 12.2. The van der Waals surface area contributed by atoms with Crippen molar-refractivity contribution in [2.45, 2.75) is 26.3 Å². The lowest BCUT2D eigenvalue weighted by Gasteiger charge is -2.12. The van der Waals surface area contributed by atoms with E-state index in [9.17, 15) is 4.79 Å². The third-order valence-electron chi connectivity index (χ3n) is 2.88. The lowest BCUT2D eigenvalue weighted by molar-refractivity contribution is 0.0940. The number of carbonyl (C=O) groups is 1. The molecule has 0 bridgehead atoms. The van der Waals surface area contributed by atoms with Gasteiger partial charge in [-0.2, -0.15) is 0 Å². The van der Waals surface area contributed by atoms with E-state index in [0.717, 1.165) is 11.4 Å². The molecule has 0 aliphatic heterocycles. The Morgan fingerprint density at radius 3 is 2.90 bits per heavy atom. The molecule has 1 aromatic heterocycles. The summed E-state index contributed by atoms with van der Waals surface area (Å²) in [4.78, 5) is 17.7. The van der Waals surface area contributed by atoms with Crippen molar-refractivity contribution in [2.24, 2.45) is 0 Å². The number of rotatable bonds is 4. The number of aryl methyl sites for hydroxylation is 1. The van der Waals surface area contributed by atoms with Crippen molar-refractivity contribution in [3.05, 3.63) is 44.9 Å². The van der Waals surface area contributed by atoms with Gasteiger partial charge in [0.05, 0.1) is 16.6 Å². The number of nitrogens with one attached hydrogen (secondary N) is 1. The van der Waals surface area contributed by atoms with Crippen molar-refractivity contribution in [1.29, 1.82) is 0 Å². The molecule has 0 aliphatic rings. The summed E-state index contributed by atoms with van der Waals surface area (Å²) in [6, 6.07) is 4.70. The summed E-state index contributed by atoms with van der Waals surface area (Å²) in [6.07, 6.45) is 2.79. The Bertz CT molecular complexity index is 627. The molecule has 2 aromatic rings. The topological polar surface area (TPSA) is 68.0 Å². The van der Waals surface area contributed by atoms with Gasteiger partial charge in [-0.25, -0.2) is 4.98 Å². The van der Waals surface area contributed by atoms with Gasteiger partial charge in [0.25, 0.3) is 5.91 Å². The zero-order valence-corrected chi connectivity index (χ0v) is 12.9. The Morgan fingerprint density at radius 1 is 1.55 bits per heavy atom. The monoisotopic (exact) mass is 309 g/mol. The molecular formula is C14H16ClN3OS. The van der Waals surface area contributed by atoms with Gasteiger partial charge < -0.3 is 11.1 Å². The smallest absolute Gasteiger partial charge is 0.253 e. The molecule has 0 saturated heterocycles. The van der Waals surface area contributed by atoms with E-state index < -0.39 is 0 Å². The van der Waals surface area contributed by atoms with Crippen molar-refractivity contribution in [2.75, 3.05) is 5.73 Å². The summed E-state index contributed by atoms with van der Waals surface area (Å²) in [7, 11) is 0. The Hall–Kier alpha value is -1.59. The van der Waals surface area contributed by atoms with Gasteiger partial charge in [-0.1, -0.05) is 18.5 Å². The van der Waals surface area contributed by atoms with Crippen LogP contribution in [0.5, 0.6) is 0 Å². The molecule has 0 radical (unpaired) electrons. The Kier molecular flexibility index (Phi) is 4.62. The number of aromatic nitrogens is 1.